The van der Waals surface area contributed by atoms with Gasteiger partial charge in [-0.05, 0) is 37.7 Å². The first-order valence-electron chi connectivity index (χ1n) is 9.93. The van der Waals surface area contributed by atoms with E-state index in [2.05, 4.69) is 97.2 Å². The summed E-state index contributed by atoms with van der Waals surface area (Å²) in [5.41, 5.74) is 2.22. The van der Waals surface area contributed by atoms with Gasteiger partial charge in [-0.1, -0.05) is 95.4 Å². The molecule has 1 aliphatic rings. The molecule has 0 radical (unpaired) electrons. The lowest BCUT2D eigenvalue weighted by Crippen LogP contribution is -2.30. The lowest BCUT2D eigenvalue weighted by atomic mass is 9.86. The topological polar surface area (TPSA) is 9.23 Å². The summed E-state index contributed by atoms with van der Waals surface area (Å²) in [6.45, 7) is 21.2. The molecular weight excluding hydrogens is 316 g/mol. The average Bonchev–Trinajstić information content (AvgIpc) is 2.84. The molecule has 0 amide bonds. The number of hydrogen-bond donors (Lipinski definition) is 0. The molecule has 0 bridgehead atoms. The van der Waals surface area contributed by atoms with Crippen LogP contribution in [0, 0.1) is 17.8 Å². The van der Waals surface area contributed by atoms with E-state index in [1.807, 2.05) is 0 Å². The standard InChI is InChI=1S/C25H38O/c1-9-19(2)14-12-15-21(4)17-20(3)13-10-11-16-23(6)25(8)18-22(5)24(7)26-25/h10-16,19-20,23H,5,7,9,17-18H2,1-4,6,8H3/b13-10+,14-12+,16-11+,21-15+. The lowest BCUT2D eigenvalue weighted by molar-refractivity contribution is 0.0257. The van der Waals surface area contributed by atoms with E-state index in [1.54, 1.807) is 0 Å². The van der Waals surface area contributed by atoms with E-state index in [0.29, 0.717) is 17.8 Å². The molecule has 1 rings (SSSR count). The summed E-state index contributed by atoms with van der Waals surface area (Å²) in [4.78, 5) is 0. The minimum Gasteiger partial charge on any atom is -0.487 e. The molecule has 0 spiro atoms. The first-order chi connectivity index (χ1) is 12.2. The molecule has 0 saturated carbocycles. The summed E-state index contributed by atoms with van der Waals surface area (Å²) in [5.74, 6) is 2.23. The summed E-state index contributed by atoms with van der Waals surface area (Å²) < 4.78 is 5.93. The summed E-state index contributed by atoms with van der Waals surface area (Å²) in [5, 5.41) is 0. The minimum atomic E-state index is -0.217. The van der Waals surface area contributed by atoms with Crippen molar-refractivity contribution in [3.05, 3.63) is 72.6 Å². The molecule has 0 aliphatic carbocycles. The maximum atomic E-state index is 5.93. The predicted molar refractivity (Wildman–Crippen MR) is 116 cm³/mol. The Bertz CT molecular complexity index is 584. The molecule has 4 atom stereocenters. The summed E-state index contributed by atoms with van der Waals surface area (Å²) in [6.07, 6.45) is 18.6. The van der Waals surface area contributed by atoms with Gasteiger partial charge in [0.1, 0.15) is 11.4 Å². The number of hydrogen-bond acceptors (Lipinski definition) is 1. The number of ether oxygens (including phenoxy) is 1. The minimum absolute atomic E-state index is 0.217. The Labute approximate surface area is 161 Å². The van der Waals surface area contributed by atoms with Gasteiger partial charge in [-0.3, -0.25) is 0 Å². The fourth-order valence-electron chi connectivity index (χ4n) is 3.04. The smallest absolute Gasteiger partial charge is 0.116 e. The van der Waals surface area contributed by atoms with Crippen LogP contribution < -0.4 is 0 Å². The highest BCUT2D eigenvalue weighted by Crippen LogP contribution is 2.40. The Morgan fingerprint density at radius 1 is 1.08 bits per heavy atom. The second-order valence-electron chi connectivity index (χ2n) is 8.14. The van der Waals surface area contributed by atoms with Crippen LogP contribution in [0.1, 0.15) is 60.8 Å². The van der Waals surface area contributed by atoms with Crippen molar-refractivity contribution in [2.24, 2.45) is 17.8 Å². The molecule has 0 aromatic carbocycles. The van der Waals surface area contributed by atoms with Crippen molar-refractivity contribution in [3.8, 4) is 0 Å². The monoisotopic (exact) mass is 354 g/mol. The van der Waals surface area contributed by atoms with E-state index in [-0.39, 0.29) is 5.60 Å². The third-order valence-corrected chi connectivity index (χ3v) is 5.34. The van der Waals surface area contributed by atoms with Gasteiger partial charge in [0.15, 0.2) is 0 Å². The maximum absolute atomic E-state index is 5.93. The van der Waals surface area contributed by atoms with E-state index in [1.165, 1.54) is 12.0 Å². The zero-order chi connectivity index (χ0) is 19.7. The Morgan fingerprint density at radius 2 is 1.69 bits per heavy atom. The highest BCUT2D eigenvalue weighted by atomic mass is 16.5. The summed E-state index contributed by atoms with van der Waals surface area (Å²) in [7, 11) is 0. The van der Waals surface area contributed by atoms with Crippen molar-refractivity contribution >= 4 is 0 Å². The molecule has 1 heterocycles. The number of allylic oxidation sites excluding steroid dienone is 8. The van der Waals surface area contributed by atoms with Crippen molar-refractivity contribution in [2.75, 3.05) is 0 Å². The van der Waals surface area contributed by atoms with Crippen LogP contribution in [0.25, 0.3) is 0 Å². The molecule has 1 fully saturated rings. The van der Waals surface area contributed by atoms with Crippen molar-refractivity contribution in [1.82, 2.24) is 0 Å². The number of rotatable bonds is 9. The normalized spacial score (nSPS) is 25.4. The van der Waals surface area contributed by atoms with Crippen molar-refractivity contribution < 1.29 is 4.74 Å². The molecule has 144 valence electrons. The SMILES string of the molecule is C=C1CC(C)(C(C)/C=C/C=C/C(C)C/C(C)=C/C=C/C(C)CC)OC1=C. The van der Waals surface area contributed by atoms with Crippen LogP contribution in [0.5, 0.6) is 0 Å². The van der Waals surface area contributed by atoms with Gasteiger partial charge in [-0.2, -0.15) is 0 Å². The molecule has 0 aromatic heterocycles. The summed E-state index contributed by atoms with van der Waals surface area (Å²) in [6, 6.07) is 0. The van der Waals surface area contributed by atoms with Crippen molar-refractivity contribution in [1.29, 1.82) is 0 Å². The van der Waals surface area contributed by atoms with E-state index in [9.17, 15) is 0 Å². The Morgan fingerprint density at radius 3 is 2.27 bits per heavy atom. The zero-order valence-electron chi connectivity index (χ0n) is 17.7. The maximum Gasteiger partial charge on any atom is 0.116 e. The fourth-order valence-corrected chi connectivity index (χ4v) is 3.04. The molecule has 1 heteroatoms. The molecule has 0 N–H and O–H groups in total. The van der Waals surface area contributed by atoms with Crippen LogP contribution in [0.15, 0.2) is 72.6 Å². The third kappa shape index (κ3) is 7.23. The third-order valence-electron chi connectivity index (χ3n) is 5.34. The van der Waals surface area contributed by atoms with Gasteiger partial charge < -0.3 is 4.74 Å². The molecular formula is C25H38O. The first kappa shape index (κ1) is 22.3. The quantitative estimate of drug-likeness (QED) is 0.388. The summed E-state index contributed by atoms with van der Waals surface area (Å²) >= 11 is 0. The van der Waals surface area contributed by atoms with Gasteiger partial charge in [-0.25, -0.2) is 0 Å². The van der Waals surface area contributed by atoms with Gasteiger partial charge in [-0.15, -0.1) is 0 Å². The van der Waals surface area contributed by atoms with Crippen LogP contribution in [-0.4, -0.2) is 5.60 Å². The van der Waals surface area contributed by atoms with Gasteiger partial charge in [0, 0.05) is 12.3 Å². The molecule has 0 aromatic rings. The van der Waals surface area contributed by atoms with Crippen molar-refractivity contribution in [3.63, 3.8) is 0 Å². The largest absolute Gasteiger partial charge is 0.487 e. The highest BCUT2D eigenvalue weighted by molar-refractivity contribution is 5.29. The van der Waals surface area contributed by atoms with Gasteiger partial charge in [0.2, 0.25) is 0 Å². The second-order valence-corrected chi connectivity index (χ2v) is 8.14. The average molecular weight is 355 g/mol. The van der Waals surface area contributed by atoms with E-state index >= 15 is 0 Å². The molecule has 26 heavy (non-hydrogen) atoms. The van der Waals surface area contributed by atoms with Crippen molar-refractivity contribution in [2.45, 2.75) is 66.4 Å². The van der Waals surface area contributed by atoms with Crippen LogP contribution >= 0.6 is 0 Å². The second kappa shape index (κ2) is 10.4. The molecule has 1 nitrogen and oxygen atoms in total. The highest BCUT2D eigenvalue weighted by Gasteiger charge is 2.38. The molecule has 1 saturated heterocycles. The van der Waals surface area contributed by atoms with E-state index in [0.717, 1.165) is 24.2 Å². The van der Waals surface area contributed by atoms with Gasteiger partial charge in [0.05, 0.1) is 0 Å². The zero-order valence-corrected chi connectivity index (χ0v) is 17.7. The molecule has 1 aliphatic heterocycles. The lowest BCUT2D eigenvalue weighted by Gasteiger charge is -2.28. The molecule has 4 unspecified atom stereocenters. The van der Waals surface area contributed by atoms with Crippen LogP contribution in [0.4, 0.5) is 0 Å². The van der Waals surface area contributed by atoms with E-state index < -0.39 is 0 Å². The fraction of sp³-hybridized carbons (Fsp3) is 0.520. The van der Waals surface area contributed by atoms with Gasteiger partial charge in [0.25, 0.3) is 0 Å². The Balaban J connectivity index is 2.48. The van der Waals surface area contributed by atoms with Gasteiger partial charge >= 0.3 is 0 Å². The Kier molecular flexibility index (Phi) is 8.92. The van der Waals surface area contributed by atoms with Crippen LogP contribution in [0.3, 0.4) is 0 Å². The van der Waals surface area contributed by atoms with Crippen LogP contribution in [-0.2, 0) is 4.74 Å². The Hall–Kier alpha value is -1.76. The van der Waals surface area contributed by atoms with E-state index in [4.69, 9.17) is 4.74 Å². The predicted octanol–water partition coefficient (Wildman–Crippen LogP) is 7.56. The van der Waals surface area contributed by atoms with Crippen LogP contribution in [0.2, 0.25) is 0 Å². The first-order valence-corrected chi connectivity index (χ1v) is 9.93.